The first-order chi connectivity index (χ1) is 14.7. The average molecular weight is 480 g/mol. The summed E-state index contributed by atoms with van der Waals surface area (Å²) in [4.78, 5) is 24.8. The molecule has 1 atom stereocenters. The number of sulfonamides is 1. The highest BCUT2D eigenvalue weighted by molar-refractivity contribution is 7.94. The van der Waals surface area contributed by atoms with Gasteiger partial charge in [-0.1, -0.05) is 11.6 Å². The zero-order valence-electron chi connectivity index (χ0n) is 16.5. The van der Waals surface area contributed by atoms with Crippen LogP contribution in [0.15, 0.2) is 64.9 Å². The number of rotatable bonds is 8. The van der Waals surface area contributed by atoms with E-state index in [1.165, 1.54) is 50.4 Å². The fraction of sp³-hybridized carbons (Fsp3) is 0.143. The summed E-state index contributed by atoms with van der Waals surface area (Å²) in [5.74, 6) is -0.442. The zero-order valence-corrected chi connectivity index (χ0v) is 18.9. The summed E-state index contributed by atoms with van der Waals surface area (Å²) in [7, 11) is -2.25. The highest BCUT2D eigenvalue weighted by atomic mass is 35.5. The van der Waals surface area contributed by atoms with Crippen molar-refractivity contribution >= 4 is 50.4 Å². The van der Waals surface area contributed by atoms with Gasteiger partial charge in [0.15, 0.2) is 6.10 Å². The molecule has 0 unspecified atom stereocenters. The topological polar surface area (TPSA) is 98.8 Å². The van der Waals surface area contributed by atoms with Gasteiger partial charge in [0.1, 0.15) is 9.96 Å². The second kappa shape index (κ2) is 9.51. The number of nitrogens with one attached hydrogen (secondary N) is 1. The van der Waals surface area contributed by atoms with E-state index in [-0.39, 0.29) is 21.2 Å². The molecule has 0 aliphatic heterocycles. The average Bonchev–Trinajstić information content (AvgIpc) is 3.21. The summed E-state index contributed by atoms with van der Waals surface area (Å²) in [6.45, 7) is 1.49. The van der Waals surface area contributed by atoms with Crippen LogP contribution in [0.5, 0.6) is 5.75 Å². The molecular weight excluding hydrogens is 462 g/mol. The van der Waals surface area contributed by atoms with Crippen LogP contribution in [0.1, 0.15) is 27.6 Å². The number of hydrogen-bond acceptors (Lipinski definition) is 7. The summed E-state index contributed by atoms with van der Waals surface area (Å²) in [5.41, 5.74) is 0.833. The molecule has 0 spiro atoms. The number of methoxy groups -OCH3 is 1. The van der Waals surface area contributed by atoms with Crippen molar-refractivity contribution < 1.29 is 27.5 Å². The van der Waals surface area contributed by atoms with Gasteiger partial charge in [0.05, 0.1) is 17.0 Å². The number of hydrogen-bond donors (Lipinski definition) is 1. The number of Topliss-reactive ketones (excluding diaryl/α,β-unsaturated/α-hetero) is 1. The second-order valence-corrected chi connectivity index (χ2v) is 10.0. The zero-order chi connectivity index (χ0) is 22.6. The van der Waals surface area contributed by atoms with Crippen LogP contribution in [-0.4, -0.2) is 33.4 Å². The maximum Gasteiger partial charge on any atom is 0.338 e. The maximum absolute atomic E-state index is 12.5. The number of carbonyl (C=O) groups excluding carboxylic acids is 2. The fourth-order valence-corrected chi connectivity index (χ4v) is 5.14. The summed E-state index contributed by atoms with van der Waals surface area (Å²) < 4.78 is 37.8. The Morgan fingerprint density at radius 1 is 0.968 bits per heavy atom. The third-order valence-electron chi connectivity index (χ3n) is 4.21. The van der Waals surface area contributed by atoms with Gasteiger partial charge in [0, 0.05) is 11.3 Å². The molecule has 3 aromatic rings. The van der Waals surface area contributed by atoms with Gasteiger partial charge in [-0.2, -0.15) is 0 Å². The lowest BCUT2D eigenvalue weighted by Crippen LogP contribution is -2.24. The summed E-state index contributed by atoms with van der Waals surface area (Å²) in [6, 6.07) is 15.0. The van der Waals surface area contributed by atoms with E-state index in [1.54, 1.807) is 24.3 Å². The maximum atomic E-state index is 12.5. The molecule has 1 heterocycles. The van der Waals surface area contributed by atoms with Crippen molar-refractivity contribution in [3.05, 3.63) is 76.1 Å². The van der Waals surface area contributed by atoms with Gasteiger partial charge in [0.2, 0.25) is 5.78 Å². The molecule has 0 saturated carbocycles. The second-order valence-electron chi connectivity index (χ2n) is 6.38. The minimum Gasteiger partial charge on any atom is -0.497 e. The quantitative estimate of drug-likeness (QED) is 0.373. The molecule has 0 saturated heterocycles. The van der Waals surface area contributed by atoms with Crippen LogP contribution in [0.3, 0.4) is 0 Å². The van der Waals surface area contributed by atoms with Crippen molar-refractivity contribution in [2.75, 3.05) is 11.8 Å². The van der Waals surface area contributed by atoms with Gasteiger partial charge < -0.3 is 9.47 Å². The molecule has 0 aliphatic carbocycles. The van der Waals surface area contributed by atoms with Crippen LogP contribution in [0, 0.1) is 0 Å². The Kier molecular flexibility index (Phi) is 6.99. The number of benzene rings is 2. The number of halogens is 1. The Balaban J connectivity index is 1.63. The van der Waals surface area contributed by atoms with Crippen molar-refractivity contribution in [1.82, 2.24) is 0 Å². The molecular formula is C21H18ClNO6S2. The monoisotopic (exact) mass is 479 g/mol. The SMILES string of the molecule is COc1ccc(C(=O)[C@@H](C)OC(=O)c2ccc(NS(=O)(=O)c3ccc(Cl)s3)cc2)cc1. The van der Waals surface area contributed by atoms with E-state index in [4.69, 9.17) is 21.1 Å². The lowest BCUT2D eigenvalue weighted by molar-refractivity contribution is 0.0319. The largest absolute Gasteiger partial charge is 0.497 e. The Morgan fingerprint density at radius 3 is 2.13 bits per heavy atom. The molecule has 2 aromatic carbocycles. The highest BCUT2D eigenvalue weighted by Gasteiger charge is 2.21. The van der Waals surface area contributed by atoms with E-state index in [2.05, 4.69) is 4.72 Å². The molecule has 162 valence electrons. The van der Waals surface area contributed by atoms with E-state index in [1.807, 2.05) is 0 Å². The van der Waals surface area contributed by atoms with Gasteiger partial charge in [-0.25, -0.2) is 13.2 Å². The highest BCUT2D eigenvalue weighted by Crippen LogP contribution is 2.27. The lowest BCUT2D eigenvalue weighted by Gasteiger charge is -2.13. The Hall–Kier alpha value is -2.88. The first-order valence-electron chi connectivity index (χ1n) is 8.97. The Morgan fingerprint density at radius 2 is 1.58 bits per heavy atom. The van der Waals surface area contributed by atoms with Crippen LogP contribution in [0.4, 0.5) is 5.69 Å². The number of ketones is 1. The first-order valence-corrected chi connectivity index (χ1v) is 11.6. The molecule has 0 radical (unpaired) electrons. The minimum atomic E-state index is -3.78. The number of anilines is 1. The number of esters is 1. The number of carbonyl (C=O) groups is 2. The van der Waals surface area contributed by atoms with Crippen LogP contribution < -0.4 is 9.46 Å². The summed E-state index contributed by atoms with van der Waals surface area (Å²) in [6.07, 6.45) is -0.998. The van der Waals surface area contributed by atoms with Gasteiger partial charge >= 0.3 is 5.97 Å². The van der Waals surface area contributed by atoms with Gasteiger partial charge in [-0.3, -0.25) is 9.52 Å². The van der Waals surface area contributed by atoms with Crippen molar-refractivity contribution in [1.29, 1.82) is 0 Å². The predicted molar refractivity (Wildman–Crippen MR) is 119 cm³/mol. The molecule has 1 N–H and O–H groups in total. The Labute approximate surface area is 188 Å². The van der Waals surface area contributed by atoms with E-state index in [0.717, 1.165) is 11.3 Å². The van der Waals surface area contributed by atoms with E-state index in [9.17, 15) is 18.0 Å². The molecule has 0 amide bonds. The third-order valence-corrected chi connectivity index (χ3v) is 7.32. The lowest BCUT2D eigenvalue weighted by atomic mass is 10.1. The normalized spacial score (nSPS) is 12.1. The van der Waals surface area contributed by atoms with Crippen LogP contribution in [0.25, 0.3) is 0 Å². The summed E-state index contributed by atoms with van der Waals surface area (Å²) in [5, 5.41) is 0. The van der Waals surface area contributed by atoms with Crippen molar-refractivity contribution in [3.63, 3.8) is 0 Å². The summed E-state index contributed by atoms with van der Waals surface area (Å²) >= 11 is 6.72. The molecule has 0 bridgehead atoms. The molecule has 0 fully saturated rings. The smallest absolute Gasteiger partial charge is 0.338 e. The van der Waals surface area contributed by atoms with Crippen molar-refractivity contribution in [3.8, 4) is 5.75 Å². The fourth-order valence-electron chi connectivity index (χ4n) is 2.59. The number of thiophene rings is 1. The van der Waals surface area contributed by atoms with Gasteiger partial charge in [-0.05, 0) is 67.6 Å². The standard InChI is InChI=1S/C21H18ClNO6S2/c1-13(20(24)14-5-9-17(28-2)10-6-14)29-21(25)15-3-7-16(8-4-15)23-31(26,27)19-12-11-18(22)30-19/h3-13,23H,1-2H3/t13-/m1/s1. The molecule has 0 aliphatic rings. The molecule has 10 heteroatoms. The van der Waals surface area contributed by atoms with Crippen molar-refractivity contribution in [2.24, 2.45) is 0 Å². The minimum absolute atomic E-state index is 0.0758. The van der Waals surface area contributed by atoms with Crippen molar-refractivity contribution in [2.45, 2.75) is 17.2 Å². The molecule has 1 aromatic heterocycles. The van der Waals surface area contributed by atoms with Crippen LogP contribution in [0.2, 0.25) is 4.34 Å². The molecule has 7 nitrogen and oxygen atoms in total. The predicted octanol–water partition coefficient (Wildman–Crippen LogP) is 4.64. The van der Waals surface area contributed by atoms with Gasteiger partial charge in [0.25, 0.3) is 10.0 Å². The van der Waals surface area contributed by atoms with E-state index in [0.29, 0.717) is 15.6 Å². The molecule has 3 rings (SSSR count). The number of ether oxygens (including phenoxy) is 2. The third kappa shape index (κ3) is 5.63. The Bertz CT molecular complexity index is 1190. The molecule has 31 heavy (non-hydrogen) atoms. The van der Waals surface area contributed by atoms with E-state index < -0.39 is 22.1 Å². The van der Waals surface area contributed by atoms with Crippen LogP contribution in [-0.2, 0) is 14.8 Å². The van der Waals surface area contributed by atoms with Crippen LogP contribution >= 0.6 is 22.9 Å². The first kappa shape index (κ1) is 22.8. The van der Waals surface area contributed by atoms with E-state index >= 15 is 0 Å². The van der Waals surface area contributed by atoms with Gasteiger partial charge in [-0.15, -0.1) is 11.3 Å².